The molecule has 1 saturated heterocycles. The minimum absolute atomic E-state index is 0.0460. The summed E-state index contributed by atoms with van der Waals surface area (Å²) in [6.07, 6.45) is 0.388. The van der Waals surface area contributed by atoms with Crippen molar-refractivity contribution in [3.05, 3.63) is 29.8 Å². The molecule has 2 atom stereocenters. The van der Waals surface area contributed by atoms with Crippen LogP contribution in [0, 0.1) is 17.2 Å². The second kappa shape index (κ2) is 6.78. The molecule has 4 nitrogen and oxygen atoms in total. The maximum atomic E-state index is 12.4. The maximum absolute atomic E-state index is 12.4. The summed E-state index contributed by atoms with van der Waals surface area (Å²) in [4.78, 5) is 15.0. The largest absolute Gasteiger partial charge is 0.391 e. The van der Waals surface area contributed by atoms with Crippen molar-refractivity contribution >= 4 is 17.7 Å². The molecule has 0 radical (unpaired) electrons. The Hall–Kier alpha value is -1.51. The number of nitrogens with zero attached hydrogens (tertiary/aromatic N) is 2. The van der Waals surface area contributed by atoms with Gasteiger partial charge >= 0.3 is 0 Å². The third-order valence-electron chi connectivity index (χ3n) is 3.59. The number of β-amino-alcohol motifs (C(OH)–C–C–N with tert-alkyl or cyclic N) is 1. The van der Waals surface area contributed by atoms with Crippen LogP contribution < -0.4 is 0 Å². The highest BCUT2D eigenvalue weighted by atomic mass is 32.2. The lowest BCUT2D eigenvalue weighted by Crippen LogP contribution is -2.45. The van der Waals surface area contributed by atoms with Gasteiger partial charge in [-0.1, -0.05) is 13.0 Å². The van der Waals surface area contributed by atoms with E-state index in [4.69, 9.17) is 5.26 Å². The van der Waals surface area contributed by atoms with Gasteiger partial charge in [-0.2, -0.15) is 5.26 Å². The van der Waals surface area contributed by atoms with Crippen LogP contribution in [-0.4, -0.2) is 40.9 Å². The van der Waals surface area contributed by atoms with Crippen molar-refractivity contribution < 1.29 is 9.90 Å². The second-order valence-electron chi connectivity index (χ2n) is 5.06. The number of hydrogen-bond acceptors (Lipinski definition) is 4. The summed E-state index contributed by atoms with van der Waals surface area (Å²) in [6, 6.07) is 9.39. The van der Waals surface area contributed by atoms with Crippen LogP contribution in [0.3, 0.4) is 0 Å². The van der Waals surface area contributed by atoms with Crippen LogP contribution in [0.5, 0.6) is 0 Å². The second-order valence-corrected chi connectivity index (χ2v) is 6.11. The number of thioether (sulfide) groups is 1. The minimum atomic E-state index is -0.441. The van der Waals surface area contributed by atoms with Crippen LogP contribution >= 0.6 is 11.8 Å². The number of benzene rings is 1. The number of carbonyl (C=O) groups is 1. The molecular formula is C15H18N2O2S. The molecule has 0 aliphatic carbocycles. The first-order valence-corrected chi connectivity index (χ1v) is 7.67. The van der Waals surface area contributed by atoms with Crippen LogP contribution in [0.1, 0.15) is 23.7 Å². The van der Waals surface area contributed by atoms with E-state index in [1.807, 2.05) is 25.1 Å². The summed E-state index contributed by atoms with van der Waals surface area (Å²) >= 11 is 1.42. The van der Waals surface area contributed by atoms with Crippen molar-refractivity contribution in [2.45, 2.75) is 24.3 Å². The van der Waals surface area contributed by atoms with E-state index in [0.29, 0.717) is 24.4 Å². The first kappa shape index (κ1) is 14.9. The Morgan fingerprint density at radius 2 is 2.40 bits per heavy atom. The maximum Gasteiger partial charge on any atom is 0.253 e. The average Bonchev–Trinajstić information content (AvgIpc) is 2.47. The van der Waals surface area contributed by atoms with E-state index in [9.17, 15) is 9.90 Å². The number of rotatable bonds is 3. The van der Waals surface area contributed by atoms with Crippen molar-refractivity contribution in [1.29, 1.82) is 5.26 Å². The standard InChI is InChI=1S/C15H18N2O2S/c1-11-5-7-17(10-14(11)18)15(19)12-3-2-4-13(9-12)20-8-6-16/h2-4,9,11,14,18H,5,7-8,10H2,1H3. The molecule has 0 saturated carbocycles. The van der Waals surface area contributed by atoms with Gasteiger partial charge in [-0.25, -0.2) is 0 Å². The first-order chi connectivity index (χ1) is 9.61. The molecule has 5 heteroatoms. The fourth-order valence-electron chi connectivity index (χ4n) is 2.25. The van der Waals surface area contributed by atoms with Gasteiger partial charge in [0.2, 0.25) is 0 Å². The zero-order valence-electron chi connectivity index (χ0n) is 11.5. The number of piperidine rings is 1. The molecule has 106 valence electrons. The number of nitriles is 1. The molecule has 1 N–H and O–H groups in total. The first-order valence-electron chi connectivity index (χ1n) is 6.69. The lowest BCUT2D eigenvalue weighted by Gasteiger charge is -2.34. The molecule has 1 aliphatic rings. The molecule has 0 aromatic heterocycles. The molecule has 0 spiro atoms. The summed E-state index contributed by atoms with van der Waals surface area (Å²) in [5.41, 5.74) is 0.620. The van der Waals surface area contributed by atoms with Gasteiger partial charge in [0, 0.05) is 23.5 Å². The zero-order valence-corrected chi connectivity index (χ0v) is 12.3. The Kier molecular flexibility index (Phi) is 5.05. The SMILES string of the molecule is CC1CCN(C(=O)c2cccc(SCC#N)c2)CC1O. The predicted octanol–water partition coefficient (Wildman–Crippen LogP) is 2.15. The fraction of sp³-hybridized carbons (Fsp3) is 0.467. The van der Waals surface area contributed by atoms with Gasteiger partial charge < -0.3 is 10.0 Å². The van der Waals surface area contributed by atoms with Crippen molar-refractivity contribution in [1.82, 2.24) is 4.90 Å². The molecular weight excluding hydrogens is 272 g/mol. The van der Waals surface area contributed by atoms with E-state index >= 15 is 0 Å². The number of amides is 1. The van der Waals surface area contributed by atoms with E-state index in [0.717, 1.165) is 11.3 Å². The van der Waals surface area contributed by atoms with Gasteiger partial charge in [0.25, 0.3) is 5.91 Å². The number of likely N-dealkylation sites (tertiary alicyclic amines) is 1. The molecule has 2 rings (SSSR count). The molecule has 2 unspecified atom stereocenters. The third kappa shape index (κ3) is 3.53. The van der Waals surface area contributed by atoms with Crippen LogP contribution in [0.25, 0.3) is 0 Å². The van der Waals surface area contributed by atoms with E-state index in [2.05, 4.69) is 6.07 Å². The van der Waals surface area contributed by atoms with Crippen LogP contribution in [-0.2, 0) is 0 Å². The van der Waals surface area contributed by atoms with Crippen LogP contribution in [0.2, 0.25) is 0 Å². The molecule has 0 bridgehead atoms. The molecule has 1 aliphatic heterocycles. The smallest absolute Gasteiger partial charge is 0.253 e. The number of aliphatic hydroxyl groups is 1. The fourth-order valence-corrected chi connectivity index (χ4v) is 2.87. The lowest BCUT2D eigenvalue weighted by molar-refractivity contribution is 0.0248. The van der Waals surface area contributed by atoms with Gasteiger partial charge in [-0.3, -0.25) is 4.79 Å². The number of aliphatic hydroxyl groups excluding tert-OH is 1. The lowest BCUT2D eigenvalue weighted by atomic mass is 9.95. The highest BCUT2D eigenvalue weighted by Crippen LogP contribution is 2.22. The molecule has 20 heavy (non-hydrogen) atoms. The highest BCUT2D eigenvalue weighted by molar-refractivity contribution is 7.99. The predicted molar refractivity (Wildman–Crippen MR) is 78.5 cm³/mol. The summed E-state index contributed by atoms with van der Waals surface area (Å²) in [5.74, 6) is 0.573. The summed E-state index contributed by atoms with van der Waals surface area (Å²) in [6.45, 7) is 3.09. The van der Waals surface area contributed by atoms with Crippen LogP contribution in [0.15, 0.2) is 29.2 Å². The highest BCUT2D eigenvalue weighted by Gasteiger charge is 2.27. The topological polar surface area (TPSA) is 64.3 Å². The summed E-state index contributed by atoms with van der Waals surface area (Å²) in [5, 5.41) is 18.5. The Balaban J connectivity index is 2.07. The Morgan fingerprint density at radius 3 is 3.10 bits per heavy atom. The molecule has 1 amide bonds. The van der Waals surface area contributed by atoms with Crippen molar-refractivity contribution in [3.8, 4) is 6.07 Å². The Labute approximate surface area is 123 Å². The monoisotopic (exact) mass is 290 g/mol. The van der Waals surface area contributed by atoms with Crippen molar-refractivity contribution in [2.24, 2.45) is 5.92 Å². The Bertz CT molecular complexity index is 527. The number of hydrogen-bond donors (Lipinski definition) is 1. The van der Waals surface area contributed by atoms with Crippen LogP contribution in [0.4, 0.5) is 0 Å². The molecule has 1 aromatic rings. The minimum Gasteiger partial charge on any atom is -0.391 e. The van der Waals surface area contributed by atoms with E-state index < -0.39 is 6.10 Å². The molecule has 1 aromatic carbocycles. The summed E-state index contributed by atoms with van der Waals surface area (Å²) in [7, 11) is 0. The normalized spacial score (nSPS) is 22.4. The van der Waals surface area contributed by atoms with Crippen molar-refractivity contribution in [3.63, 3.8) is 0 Å². The van der Waals surface area contributed by atoms with E-state index in [1.54, 1.807) is 11.0 Å². The molecule has 1 fully saturated rings. The van der Waals surface area contributed by atoms with Gasteiger partial charge in [-0.15, -0.1) is 11.8 Å². The van der Waals surface area contributed by atoms with Gasteiger partial charge in [0.15, 0.2) is 0 Å². The van der Waals surface area contributed by atoms with Crippen molar-refractivity contribution in [2.75, 3.05) is 18.8 Å². The van der Waals surface area contributed by atoms with Gasteiger partial charge in [-0.05, 0) is 30.5 Å². The third-order valence-corrected chi connectivity index (χ3v) is 4.45. The van der Waals surface area contributed by atoms with Gasteiger partial charge in [0.05, 0.1) is 17.9 Å². The van der Waals surface area contributed by atoms with E-state index in [-0.39, 0.29) is 11.8 Å². The number of carbonyl (C=O) groups excluding carboxylic acids is 1. The molecule has 1 heterocycles. The summed E-state index contributed by atoms with van der Waals surface area (Å²) < 4.78 is 0. The zero-order chi connectivity index (χ0) is 14.5. The Morgan fingerprint density at radius 1 is 1.60 bits per heavy atom. The van der Waals surface area contributed by atoms with Gasteiger partial charge in [0.1, 0.15) is 0 Å². The quantitative estimate of drug-likeness (QED) is 0.866. The average molecular weight is 290 g/mol. The van der Waals surface area contributed by atoms with E-state index in [1.165, 1.54) is 11.8 Å².